The number of likely N-dealkylation sites (N-methyl/N-ethyl adjacent to an activating group) is 1. The topological polar surface area (TPSA) is 398 Å². The molecule has 42 heteroatoms. The summed E-state index contributed by atoms with van der Waals surface area (Å²) >= 11 is 18.9. The van der Waals surface area contributed by atoms with Crippen molar-refractivity contribution in [3.63, 3.8) is 0 Å². The molecule has 3 aliphatic rings. The summed E-state index contributed by atoms with van der Waals surface area (Å²) < 4.78 is 153. The summed E-state index contributed by atoms with van der Waals surface area (Å²) in [6.45, 7) is 30.5. The van der Waals surface area contributed by atoms with Gasteiger partial charge in [-0.25, -0.2) is 49.6 Å². The maximum atomic E-state index is 14.7. The van der Waals surface area contributed by atoms with Gasteiger partial charge < -0.3 is 80.1 Å². The van der Waals surface area contributed by atoms with Crippen molar-refractivity contribution < 1.29 is 57.4 Å². The van der Waals surface area contributed by atoms with Crippen LogP contribution in [0.2, 0.25) is 15.1 Å². The Morgan fingerprint density at radius 2 is 0.770 bits per heavy atom. The minimum Gasteiger partial charge on any atom is -0.495 e. The Balaban J connectivity index is 0.000000167. The van der Waals surface area contributed by atoms with Gasteiger partial charge in [0, 0.05) is 102 Å². The lowest BCUT2D eigenvalue weighted by Gasteiger charge is -2.42. The highest BCUT2D eigenvalue weighted by Crippen LogP contribution is 2.52. The molecule has 8 N–H and O–H groups in total. The fraction of sp³-hybridized carbons (Fsp3) is 0.340. The minimum absolute atomic E-state index is 0.00258. The zero-order chi connectivity index (χ0) is 101. The van der Waals surface area contributed by atoms with Crippen LogP contribution < -0.4 is 78.1 Å². The number of aryl methyl sites for hydroxylation is 2. The molecule has 0 unspecified atom stereocenters. The van der Waals surface area contributed by atoms with Gasteiger partial charge in [0.25, 0.3) is 0 Å². The van der Waals surface area contributed by atoms with Crippen molar-refractivity contribution in [3.8, 4) is 11.5 Å². The zero-order valence-electron chi connectivity index (χ0n) is 80.6. The minimum atomic E-state index is -3.53. The van der Waals surface area contributed by atoms with Crippen LogP contribution in [0.15, 0.2) is 209 Å². The largest absolute Gasteiger partial charge is 0.495 e. The lowest BCUT2D eigenvalue weighted by molar-refractivity contribution is 0.0982. The fourth-order valence-electron chi connectivity index (χ4n) is 15.4. The summed E-state index contributed by atoms with van der Waals surface area (Å²) in [5.74, 6) is 2.41. The first kappa shape index (κ1) is 107. The second kappa shape index (κ2) is 46.0. The van der Waals surface area contributed by atoms with Crippen LogP contribution in [-0.2, 0) is 47.8 Å². The number of ether oxygens (including phenoxy) is 2. The van der Waals surface area contributed by atoms with Crippen molar-refractivity contribution in [3.05, 3.63) is 227 Å². The number of aromatic nitrogens is 8. The smallest absolute Gasteiger partial charge is 0.229 e. The molecule has 0 aliphatic carbocycles. The summed E-state index contributed by atoms with van der Waals surface area (Å²) in [4.78, 5) is 42.5. The van der Waals surface area contributed by atoms with Gasteiger partial charge in [-0.05, 0) is 254 Å². The second-order valence-corrected chi connectivity index (χ2v) is 57.2. The number of sulfone groups is 3. The highest BCUT2D eigenvalue weighted by atomic mass is 35.5. The van der Waals surface area contributed by atoms with E-state index in [1.54, 1.807) is 187 Å². The molecule has 139 heavy (non-hydrogen) atoms. The SMILES string of the molecule is COc1cc(N2CCC(N3CCN(C)CC3)CC2)ccc1Nc1ncc(F)c(Nc2ccccc2P(C)(C)=O)n1.COc1cc(P2(=O)CCCC2)ccc1Nc1ncc(Cl)c(Nc2ccccc2S(=O)(=O)C(C)C)n1.Cc1cc(P(C)(C)=O)ccc1Nc1ncc(Cl)c(Nc2ccccc2S(=O)(=O)C(C)C)n1.Cc1cc(P(C)(C)=O)ccc1Nc1ncc(Cl)c(Nc2ccccc2S(=O)(=O)C(C)C)n1. The third-order valence-corrected chi connectivity index (χ3v) is 38.9. The molecule has 4 aromatic heterocycles. The van der Waals surface area contributed by atoms with E-state index in [4.69, 9.17) is 44.3 Å². The van der Waals surface area contributed by atoms with Crippen LogP contribution >= 0.6 is 63.4 Å². The van der Waals surface area contributed by atoms with Gasteiger partial charge in [0.2, 0.25) is 23.8 Å². The molecule has 0 saturated carbocycles. The molecular formula is C97H119Cl3FN19O12P4S3. The Hall–Kier alpha value is -10.6. The molecule has 0 amide bonds. The molecule has 0 radical (unpaired) electrons. The number of rotatable bonds is 30. The van der Waals surface area contributed by atoms with Gasteiger partial charge in [0.05, 0.1) is 104 Å². The van der Waals surface area contributed by atoms with E-state index in [0.29, 0.717) is 57.0 Å². The molecule has 3 saturated heterocycles. The van der Waals surface area contributed by atoms with E-state index in [0.717, 1.165) is 128 Å². The molecule has 0 atom stereocenters. The van der Waals surface area contributed by atoms with E-state index < -0.39 is 79.6 Å². The van der Waals surface area contributed by atoms with Crippen molar-refractivity contribution >= 4 is 212 Å². The summed E-state index contributed by atoms with van der Waals surface area (Å²) in [6.07, 6.45) is 11.1. The quantitative estimate of drug-likeness (QED) is 0.0194. The van der Waals surface area contributed by atoms with Gasteiger partial charge in [-0.1, -0.05) is 83.3 Å². The van der Waals surface area contributed by atoms with E-state index in [-0.39, 0.29) is 76.8 Å². The van der Waals surface area contributed by atoms with Crippen molar-refractivity contribution in [1.29, 1.82) is 0 Å². The summed E-state index contributed by atoms with van der Waals surface area (Å²) in [6, 6.07) is 50.3. The van der Waals surface area contributed by atoms with Crippen molar-refractivity contribution in [2.24, 2.45) is 0 Å². The predicted molar refractivity (Wildman–Crippen MR) is 568 cm³/mol. The van der Waals surface area contributed by atoms with Gasteiger partial charge in [-0.3, -0.25) is 4.90 Å². The van der Waals surface area contributed by atoms with Crippen LogP contribution in [0.5, 0.6) is 11.5 Å². The van der Waals surface area contributed by atoms with E-state index in [2.05, 4.69) is 110 Å². The van der Waals surface area contributed by atoms with Gasteiger partial charge in [-0.15, -0.1) is 0 Å². The number of halogens is 4. The van der Waals surface area contributed by atoms with Crippen molar-refractivity contribution in [2.45, 2.75) is 118 Å². The molecule has 15 rings (SSSR count). The van der Waals surface area contributed by atoms with Gasteiger partial charge in [-0.2, -0.15) is 19.9 Å². The molecule has 12 aromatic rings. The number of piperazine rings is 1. The number of nitrogens with one attached hydrogen (secondary N) is 8. The summed E-state index contributed by atoms with van der Waals surface area (Å²) in [7, 11) is -14.8. The van der Waals surface area contributed by atoms with E-state index in [1.165, 1.54) is 18.6 Å². The summed E-state index contributed by atoms with van der Waals surface area (Å²) in [5, 5.41) is 26.7. The Kier molecular flexibility index (Phi) is 35.5. The molecule has 7 heterocycles. The first-order valence-electron chi connectivity index (χ1n) is 45.0. The Bertz CT molecular complexity index is 6820. The molecule has 3 aliphatic heterocycles. The van der Waals surface area contributed by atoms with Crippen LogP contribution in [0.3, 0.4) is 0 Å². The second-order valence-electron chi connectivity index (χ2n) is 35.8. The first-order valence-corrected chi connectivity index (χ1v) is 60.6. The molecule has 8 aromatic carbocycles. The van der Waals surface area contributed by atoms with E-state index in [9.17, 15) is 47.9 Å². The van der Waals surface area contributed by atoms with E-state index >= 15 is 0 Å². The average molecular weight is 2090 g/mol. The summed E-state index contributed by atoms with van der Waals surface area (Å²) in [5.41, 5.74) is 7.42. The van der Waals surface area contributed by atoms with Crippen LogP contribution in [-0.4, -0.2) is 210 Å². The lowest BCUT2D eigenvalue weighted by atomic mass is 10.0. The van der Waals surface area contributed by atoms with Gasteiger partial charge >= 0.3 is 0 Å². The fourth-order valence-corrected chi connectivity index (χ4v) is 25.3. The number of benzene rings is 8. The maximum absolute atomic E-state index is 14.7. The lowest BCUT2D eigenvalue weighted by Crippen LogP contribution is -2.52. The van der Waals surface area contributed by atoms with Crippen molar-refractivity contribution in [1.82, 2.24) is 49.7 Å². The molecule has 31 nitrogen and oxygen atoms in total. The normalized spacial score (nSPS) is 14.5. The molecule has 0 spiro atoms. The number of para-hydroxylation sites is 4. The van der Waals surface area contributed by atoms with Gasteiger partial charge in [0.1, 0.15) is 55.1 Å². The number of anilines is 17. The van der Waals surface area contributed by atoms with E-state index in [1.807, 2.05) is 86.6 Å². The molecular weight excluding hydrogens is 1970 g/mol. The van der Waals surface area contributed by atoms with Gasteiger partial charge in [0.15, 0.2) is 58.6 Å². The number of hydrogen-bond donors (Lipinski definition) is 8. The molecule has 0 bridgehead atoms. The zero-order valence-corrected chi connectivity index (χ0v) is 88.9. The van der Waals surface area contributed by atoms with Crippen LogP contribution in [0.4, 0.5) is 103 Å². The average Bonchev–Trinajstić information content (AvgIpc) is 1.73. The Labute approximate surface area is 829 Å². The van der Waals surface area contributed by atoms with Crippen molar-refractivity contribution in [2.75, 3.05) is 160 Å². The number of nitrogens with zero attached hydrogens (tertiary/aromatic N) is 11. The number of piperidine rings is 1. The predicted octanol–water partition coefficient (Wildman–Crippen LogP) is 20.9. The Morgan fingerprint density at radius 1 is 0.417 bits per heavy atom. The highest BCUT2D eigenvalue weighted by Gasteiger charge is 2.33. The third kappa shape index (κ3) is 27.4. The number of hydrogen-bond acceptors (Lipinski definition) is 31. The van der Waals surface area contributed by atoms with Crippen LogP contribution in [0, 0.1) is 19.7 Å². The van der Waals surface area contributed by atoms with Crippen LogP contribution in [0.25, 0.3) is 0 Å². The highest BCUT2D eigenvalue weighted by molar-refractivity contribution is 7.92. The monoisotopic (exact) mass is 2090 g/mol. The number of methoxy groups -OCH3 is 2. The molecule has 740 valence electrons. The van der Waals surface area contributed by atoms with Crippen LogP contribution in [0.1, 0.15) is 78.4 Å². The first-order chi connectivity index (χ1) is 65.6. The molecule has 3 fully saturated rings. The Morgan fingerprint density at radius 3 is 1.16 bits per heavy atom. The third-order valence-electron chi connectivity index (χ3n) is 23.6. The maximum Gasteiger partial charge on any atom is 0.229 e. The standard InChI is InChI=1S/C29H39FN7O2P.C24H28ClN4O4PS.2C22H26ClN4O3PS/c1-35-15-17-37(18-16-35)21-11-13-36(14-12-21)22-9-10-24(26(19-22)39-2)33-29-31-20-23(30)28(34-29)32-25-7-5-6-8-27(25)40(3,4)38;1-16(2)35(31,32)22-9-5-4-8-20(22)27-23-18(25)15-26-24(29-23)28-19-11-10-17(14-21(19)33-3)34(30)12-6-7-13-34;2*1-14(2)32(29,30)20-9-7-6-8-19(20)25-21-17(23)13-24-22(27-21)26-18-11-10-16(12-15(18)3)31(4,5)28/h5-10,19-21H,11-18H2,1-4H3,(H2,31,32,33,34);4-5,8-11,14-16H,6-7,12-13H2,1-3H3,(H2,26,27,28,29);2*6-14H,1-5H3,(H2,24,25,26,27).